The van der Waals surface area contributed by atoms with Gasteiger partial charge >= 0.3 is 0 Å². The molecule has 19 heavy (non-hydrogen) atoms. The zero-order valence-corrected chi connectivity index (χ0v) is 13.0. The molecule has 1 aromatic carbocycles. The Morgan fingerprint density at radius 3 is 3.00 bits per heavy atom. The highest BCUT2D eigenvalue weighted by atomic mass is 79.9. The third kappa shape index (κ3) is 3.18. The number of halogens is 1. The lowest BCUT2D eigenvalue weighted by molar-refractivity contribution is 0.0681. The summed E-state index contributed by atoms with van der Waals surface area (Å²) >= 11 is 3.47. The van der Waals surface area contributed by atoms with E-state index < -0.39 is 0 Å². The Bertz CT molecular complexity index is 473. The number of nitrogens with zero attached hydrogens (tertiary/aromatic N) is 1. The van der Waals surface area contributed by atoms with E-state index in [2.05, 4.69) is 15.9 Å². The maximum Gasteiger partial charge on any atom is 0.254 e. The molecule has 1 aliphatic rings. The molecule has 0 aliphatic carbocycles. The fourth-order valence-corrected chi connectivity index (χ4v) is 3.10. The van der Waals surface area contributed by atoms with Gasteiger partial charge < -0.3 is 10.0 Å². The van der Waals surface area contributed by atoms with E-state index in [9.17, 15) is 9.90 Å². The quantitative estimate of drug-likeness (QED) is 0.927. The number of aliphatic hydroxyl groups excluding tert-OH is 1. The second-order valence-corrected chi connectivity index (χ2v) is 6.15. The van der Waals surface area contributed by atoms with Crippen LogP contribution in [-0.2, 0) is 0 Å². The van der Waals surface area contributed by atoms with Gasteiger partial charge in [0.15, 0.2) is 0 Å². The van der Waals surface area contributed by atoms with Crippen molar-refractivity contribution in [1.82, 2.24) is 4.90 Å². The Hall–Kier alpha value is -0.870. The van der Waals surface area contributed by atoms with Crippen LogP contribution in [0.3, 0.4) is 0 Å². The third-order valence-corrected chi connectivity index (χ3v) is 4.61. The molecule has 1 fully saturated rings. The monoisotopic (exact) mass is 325 g/mol. The van der Waals surface area contributed by atoms with Gasteiger partial charge in [0.2, 0.25) is 0 Å². The van der Waals surface area contributed by atoms with Crippen molar-refractivity contribution in [3.8, 4) is 0 Å². The zero-order valence-electron chi connectivity index (χ0n) is 11.4. The molecule has 1 aliphatic heterocycles. The summed E-state index contributed by atoms with van der Waals surface area (Å²) in [4.78, 5) is 14.6. The standard InChI is InChI=1S/C15H20BrNO2/c1-10(18)9-12-5-4-8-17(12)15(19)13-6-3-7-14(16)11(13)2/h3,6-7,10,12,18H,4-5,8-9H2,1-2H3. The highest BCUT2D eigenvalue weighted by molar-refractivity contribution is 9.10. The van der Waals surface area contributed by atoms with Crippen LogP contribution < -0.4 is 0 Å². The van der Waals surface area contributed by atoms with E-state index in [0.717, 1.165) is 35.0 Å². The normalized spacial score (nSPS) is 20.6. The van der Waals surface area contributed by atoms with Crippen LogP contribution in [-0.4, -0.2) is 34.6 Å². The van der Waals surface area contributed by atoms with Gasteiger partial charge in [-0.15, -0.1) is 0 Å². The molecule has 1 heterocycles. The molecule has 1 N–H and O–H groups in total. The minimum Gasteiger partial charge on any atom is -0.393 e. The number of hydrogen-bond acceptors (Lipinski definition) is 2. The Labute approximate surface area is 122 Å². The van der Waals surface area contributed by atoms with Gasteiger partial charge in [0, 0.05) is 22.6 Å². The Balaban J connectivity index is 2.21. The summed E-state index contributed by atoms with van der Waals surface area (Å²) in [7, 11) is 0. The molecule has 1 amide bonds. The molecule has 2 rings (SSSR count). The molecular weight excluding hydrogens is 306 g/mol. The molecule has 1 saturated heterocycles. The van der Waals surface area contributed by atoms with Crippen LogP contribution >= 0.6 is 15.9 Å². The first-order valence-corrected chi connectivity index (χ1v) is 7.54. The topological polar surface area (TPSA) is 40.5 Å². The molecule has 104 valence electrons. The van der Waals surface area contributed by atoms with Crippen molar-refractivity contribution < 1.29 is 9.90 Å². The van der Waals surface area contributed by atoms with Gasteiger partial charge in [0.05, 0.1) is 6.10 Å². The smallest absolute Gasteiger partial charge is 0.254 e. The third-order valence-electron chi connectivity index (χ3n) is 3.75. The maximum absolute atomic E-state index is 12.6. The number of carbonyl (C=O) groups is 1. The molecule has 0 radical (unpaired) electrons. The summed E-state index contributed by atoms with van der Waals surface area (Å²) in [5.41, 5.74) is 1.74. The predicted octanol–water partition coefficient (Wildman–Crippen LogP) is 3.13. The summed E-state index contributed by atoms with van der Waals surface area (Å²) in [6.45, 7) is 4.53. The van der Waals surface area contributed by atoms with Gasteiger partial charge in [-0.1, -0.05) is 22.0 Å². The molecule has 2 atom stereocenters. The highest BCUT2D eigenvalue weighted by Gasteiger charge is 2.30. The summed E-state index contributed by atoms with van der Waals surface area (Å²) in [6.07, 6.45) is 2.32. The summed E-state index contributed by atoms with van der Waals surface area (Å²) in [6, 6.07) is 5.89. The number of likely N-dealkylation sites (tertiary alicyclic amines) is 1. The largest absolute Gasteiger partial charge is 0.393 e. The van der Waals surface area contributed by atoms with E-state index in [4.69, 9.17) is 0 Å². The summed E-state index contributed by atoms with van der Waals surface area (Å²) < 4.78 is 0.963. The van der Waals surface area contributed by atoms with Crippen molar-refractivity contribution >= 4 is 21.8 Å². The van der Waals surface area contributed by atoms with Crippen LogP contribution in [0.4, 0.5) is 0 Å². The van der Waals surface area contributed by atoms with Crippen molar-refractivity contribution in [2.45, 2.75) is 45.3 Å². The summed E-state index contributed by atoms with van der Waals surface area (Å²) in [5.74, 6) is 0.0851. The average molecular weight is 326 g/mol. The van der Waals surface area contributed by atoms with E-state index in [1.807, 2.05) is 30.0 Å². The van der Waals surface area contributed by atoms with Gasteiger partial charge in [0.25, 0.3) is 5.91 Å². The van der Waals surface area contributed by atoms with E-state index in [0.29, 0.717) is 6.42 Å². The van der Waals surface area contributed by atoms with Gasteiger partial charge in [0.1, 0.15) is 0 Å². The number of benzene rings is 1. The fourth-order valence-electron chi connectivity index (χ4n) is 2.74. The lowest BCUT2D eigenvalue weighted by Crippen LogP contribution is -2.37. The molecule has 0 aromatic heterocycles. The zero-order chi connectivity index (χ0) is 14.0. The van der Waals surface area contributed by atoms with Crippen molar-refractivity contribution in [3.63, 3.8) is 0 Å². The van der Waals surface area contributed by atoms with Gasteiger partial charge in [-0.05, 0) is 50.8 Å². The SMILES string of the molecule is Cc1c(Br)cccc1C(=O)N1CCCC1CC(C)O. The van der Waals surface area contributed by atoms with Crippen molar-refractivity contribution in [3.05, 3.63) is 33.8 Å². The van der Waals surface area contributed by atoms with Crippen molar-refractivity contribution in [2.75, 3.05) is 6.54 Å². The van der Waals surface area contributed by atoms with E-state index in [-0.39, 0.29) is 18.1 Å². The Morgan fingerprint density at radius 1 is 1.58 bits per heavy atom. The van der Waals surface area contributed by atoms with Gasteiger partial charge in [-0.25, -0.2) is 0 Å². The molecule has 1 aromatic rings. The Kier molecular flexibility index (Phi) is 4.63. The molecule has 3 nitrogen and oxygen atoms in total. The predicted molar refractivity (Wildman–Crippen MR) is 79.2 cm³/mol. The number of carbonyl (C=O) groups excluding carboxylic acids is 1. The van der Waals surface area contributed by atoms with Crippen molar-refractivity contribution in [1.29, 1.82) is 0 Å². The molecule has 4 heteroatoms. The number of hydrogen-bond donors (Lipinski definition) is 1. The van der Waals surface area contributed by atoms with Crippen LogP contribution in [0.1, 0.15) is 42.1 Å². The highest BCUT2D eigenvalue weighted by Crippen LogP contribution is 2.26. The fraction of sp³-hybridized carbons (Fsp3) is 0.533. The lowest BCUT2D eigenvalue weighted by Gasteiger charge is -2.26. The first kappa shape index (κ1) is 14.5. The summed E-state index contributed by atoms with van der Waals surface area (Å²) in [5, 5.41) is 9.54. The maximum atomic E-state index is 12.6. The molecule has 2 unspecified atom stereocenters. The first-order chi connectivity index (χ1) is 9.00. The van der Waals surface area contributed by atoms with E-state index >= 15 is 0 Å². The second kappa shape index (κ2) is 6.06. The molecule has 0 saturated carbocycles. The molecule has 0 spiro atoms. The number of rotatable bonds is 3. The second-order valence-electron chi connectivity index (χ2n) is 5.29. The van der Waals surface area contributed by atoms with Crippen molar-refractivity contribution in [2.24, 2.45) is 0 Å². The molecule has 0 bridgehead atoms. The van der Waals surface area contributed by atoms with Crippen LogP contribution in [0.2, 0.25) is 0 Å². The first-order valence-electron chi connectivity index (χ1n) is 6.75. The van der Waals surface area contributed by atoms with Crippen LogP contribution in [0.25, 0.3) is 0 Å². The van der Waals surface area contributed by atoms with Crippen LogP contribution in [0.5, 0.6) is 0 Å². The number of aliphatic hydroxyl groups is 1. The van der Waals surface area contributed by atoms with E-state index in [1.165, 1.54) is 0 Å². The minimum absolute atomic E-state index is 0.0851. The van der Waals surface area contributed by atoms with Crippen LogP contribution in [0, 0.1) is 6.92 Å². The minimum atomic E-state index is -0.359. The van der Waals surface area contributed by atoms with E-state index in [1.54, 1.807) is 6.92 Å². The van der Waals surface area contributed by atoms with Crippen LogP contribution in [0.15, 0.2) is 22.7 Å². The lowest BCUT2D eigenvalue weighted by atomic mass is 10.0. The Morgan fingerprint density at radius 2 is 2.32 bits per heavy atom. The average Bonchev–Trinajstić information content (AvgIpc) is 2.79. The van der Waals surface area contributed by atoms with Gasteiger partial charge in [-0.2, -0.15) is 0 Å². The number of amides is 1. The molecular formula is C15H20BrNO2. The van der Waals surface area contributed by atoms with Gasteiger partial charge in [-0.3, -0.25) is 4.79 Å².